The van der Waals surface area contributed by atoms with Crippen molar-refractivity contribution in [2.24, 2.45) is 0 Å². The molecule has 1 nitrogen and oxygen atoms in total. The van der Waals surface area contributed by atoms with Crippen LogP contribution >= 0.6 is 0 Å². The first-order valence-electron chi connectivity index (χ1n) is 7.76. The number of hydrogen-bond donors (Lipinski definition) is 0. The van der Waals surface area contributed by atoms with E-state index < -0.39 is 0 Å². The minimum atomic E-state index is 0.986. The highest BCUT2D eigenvalue weighted by Crippen LogP contribution is 2.27. The molecule has 1 heterocycles. The third kappa shape index (κ3) is 2.69. The van der Waals surface area contributed by atoms with Gasteiger partial charge in [-0.1, -0.05) is 62.4 Å². The molecule has 0 aliphatic heterocycles. The van der Waals surface area contributed by atoms with Gasteiger partial charge in [0.05, 0.1) is 5.52 Å². The maximum atomic E-state index is 4.87. The van der Waals surface area contributed by atoms with Crippen molar-refractivity contribution in [2.45, 2.75) is 33.1 Å². The maximum Gasteiger partial charge on any atom is 0.0708 e. The molecule has 21 heavy (non-hydrogen) atoms. The van der Waals surface area contributed by atoms with Crippen molar-refractivity contribution in [1.82, 2.24) is 4.98 Å². The normalized spacial score (nSPS) is 11.0. The topological polar surface area (TPSA) is 12.9 Å². The number of pyridine rings is 1. The number of hydrogen-bond acceptors (Lipinski definition) is 1. The minimum absolute atomic E-state index is 0.986. The molecule has 0 saturated heterocycles. The molecule has 0 bridgehead atoms. The lowest BCUT2D eigenvalue weighted by atomic mass is 9.92. The molecule has 1 heteroatoms. The summed E-state index contributed by atoms with van der Waals surface area (Å²) in [6, 6.07) is 19.3. The number of aryl methyl sites for hydroxylation is 1. The monoisotopic (exact) mass is 275 g/mol. The van der Waals surface area contributed by atoms with E-state index in [1.165, 1.54) is 27.8 Å². The molecule has 0 aliphatic carbocycles. The average molecular weight is 275 g/mol. The number of fused-ring (bicyclic) bond motifs is 1. The fourth-order valence-corrected chi connectivity index (χ4v) is 3.09. The van der Waals surface area contributed by atoms with Gasteiger partial charge in [-0.3, -0.25) is 4.98 Å². The average Bonchev–Trinajstić information content (AvgIpc) is 2.55. The molecule has 1 aromatic heterocycles. The molecule has 0 N–H and O–H groups in total. The van der Waals surface area contributed by atoms with Crippen LogP contribution in [0.1, 0.15) is 36.2 Å². The van der Waals surface area contributed by atoms with Crippen molar-refractivity contribution in [2.75, 3.05) is 0 Å². The Labute approximate surface area is 126 Å². The number of aromatic nitrogens is 1. The predicted molar refractivity (Wildman–Crippen MR) is 89.7 cm³/mol. The zero-order valence-electron chi connectivity index (χ0n) is 12.8. The van der Waals surface area contributed by atoms with E-state index in [0.717, 1.165) is 24.8 Å². The van der Waals surface area contributed by atoms with Crippen LogP contribution in [-0.4, -0.2) is 4.98 Å². The molecule has 0 spiro atoms. The summed E-state index contributed by atoms with van der Waals surface area (Å²) in [5.74, 6) is 0. The van der Waals surface area contributed by atoms with E-state index >= 15 is 0 Å². The third-order valence-corrected chi connectivity index (χ3v) is 4.11. The highest BCUT2D eigenvalue weighted by atomic mass is 14.7. The van der Waals surface area contributed by atoms with Crippen LogP contribution in [0.4, 0.5) is 0 Å². The van der Waals surface area contributed by atoms with Crippen molar-refractivity contribution in [1.29, 1.82) is 0 Å². The Bertz CT molecular complexity index is 744. The Balaban J connectivity index is 2.22. The van der Waals surface area contributed by atoms with Gasteiger partial charge >= 0.3 is 0 Å². The van der Waals surface area contributed by atoms with Crippen LogP contribution < -0.4 is 0 Å². The lowest BCUT2D eigenvalue weighted by Crippen LogP contribution is -2.04. The van der Waals surface area contributed by atoms with E-state index in [4.69, 9.17) is 4.98 Å². The van der Waals surface area contributed by atoms with Crippen LogP contribution in [0.15, 0.2) is 54.6 Å². The Kier molecular flexibility index (Phi) is 4.01. The summed E-state index contributed by atoms with van der Waals surface area (Å²) in [6.07, 6.45) is 3.03. The largest absolute Gasteiger partial charge is 0.253 e. The van der Waals surface area contributed by atoms with Gasteiger partial charge in [0.1, 0.15) is 0 Å². The second-order valence-corrected chi connectivity index (χ2v) is 5.40. The van der Waals surface area contributed by atoms with Crippen LogP contribution in [0.3, 0.4) is 0 Å². The van der Waals surface area contributed by atoms with E-state index in [-0.39, 0.29) is 0 Å². The van der Waals surface area contributed by atoms with Crippen molar-refractivity contribution in [3.05, 3.63) is 77.0 Å². The van der Waals surface area contributed by atoms with Gasteiger partial charge in [0.15, 0.2) is 0 Å². The zero-order valence-corrected chi connectivity index (χ0v) is 12.8. The van der Waals surface area contributed by atoms with Gasteiger partial charge in [-0.05, 0) is 42.0 Å². The van der Waals surface area contributed by atoms with Gasteiger partial charge in [-0.15, -0.1) is 0 Å². The smallest absolute Gasteiger partial charge is 0.0708 e. The first-order valence-corrected chi connectivity index (χ1v) is 7.76. The summed E-state index contributed by atoms with van der Waals surface area (Å²) in [5, 5.41) is 1.30. The molecular weight excluding hydrogens is 254 g/mol. The molecule has 0 fully saturated rings. The van der Waals surface area contributed by atoms with E-state index in [0.29, 0.717) is 0 Å². The number of benzene rings is 2. The van der Waals surface area contributed by atoms with Crippen LogP contribution in [0, 0.1) is 0 Å². The Morgan fingerprint density at radius 3 is 2.19 bits per heavy atom. The van der Waals surface area contributed by atoms with Gasteiger partial charge in [-0.2, -0.15) is 0 Å². The van der Waals surface area contributed by atoms with E-state index in [1.54, 1.807) is 0 Å². The molecule has 3 rings (SSSR count). The van der Waals surface area contributed by atoms with Gasteiger partial charge in [-0.25, -0.2) is 0 Å². The summed E-state index contributed by atoms with van der Waals surface area (Å²) in [7, 11) is 0. The fraction of sp³-hybridized carbons (Fsp3) is 0.250. The fourth-order valence-electron chi connectivity index (χ4n) is 3.09. The number of para-hydroxylation sites is 1. The summed E-state index contributed by atoms with van der Waals surface area (Å²) < 4.78 is 0. The van der Waals surface area contributed by atoms with Crippen LogP contribution in [0.2, 0.25) is 0 Å². The summed E-state index contributed by atoms with van der Waals surface area (Å²) in [6.45, 7) is 4.43. The van der Waals surface area contributed by atoms with Crippen molar-refractivity contribution < 1.29 is 0 Å². The van der Waals surface area contributed by atoms with Crippen LogP contribution in [-0.2, 0) is 19.3 Å². The van der Waals surface area contributed by atoms with Crippen LogP contribution in [0.5, 0.6) is 0 Å². The van der Waals surface area contributed by atoms with Crippen molar-refractivity contribution in [3.8, 4) is 0 Å². The first-order chi connectivity index (χ1) is 10.3. The lowest BCUT2D eigenvalue weighted by molar-refractivity contribution is 0.954. The molecular formula is C20H21N. The summed E-state index contributed by atoms with van der Waals surface area (Å²) in [4.78, 5) is 4.87. The van der Waals surface area contributed by atoms with Gasteiger partial charge in [0, 0.05) is 11.1 Å². The molecule has 0 amide bonds. The Morgan fingerprint density at radius 2 is 1.48 bits per heavy atom. The van der Waals surface area contributed by atoms with Crippen molar-refractivity contribution >= 4 is 10.9 Å². The molecule has 2 aromatic carbocycles. The second kappa shape index (κ2) is 6.09. The molecule has 0 atom stereocenters. The number of nitrogens with zero attached hydrogens (tertiary/aromatic N) is 1. The van der Waals surface area contributed by atoms with Crippen LogP contribution in [0.25, 0.3) is 10.9 Å². The van der Waals surface area contributed by atoms with E-state index in [1.807, 2.05) is 0 Å². The highest BCUT2D eigenvalue weighted by molar-refractivity contribution is 5.84. The molecule has 0 saturated carbocycles. The van der Waals surface area contributed by atoms with Gasteiger partial charge in [0.25, 0.3) is 0 Å². The minimum Gasteiger partial charge on any atom is -0.253 e. The molecule has 0 aliphatic rings. The highest BCUT2D eigenvalue weighted by Gasteiger charge is 2.12. The Morgan fingerprint density at radius 1 is 0.762 bits per heavy atom. The van der Waals surface area contributed by atoms with Gasteiger partial charge in [0.2, 0.25) is 0 Å². The van der Waals surface area contributed by atoms with E-state index in [9.17, 15) is 0 Å². The third-order valence-electron chi connectivity index (χ3n) is 4.11. The summed E-state index contributed by atoms with van der Waals surface area (Å²) in [5.41, 5.74) is 6.62. The quantitative estimate of drug-likeness (QED) is 0.656. The first kappa shape index (κ1) is 13.8. The zero-order chi connectivity index (χ0) is 14.7. The SMILES string of the molecule is CCc1nc2ccccc2c(Cc2ccccc2)c1CC. The molecule has 0 radical (unpaired) electrons. The van der Waals surface area contributed by atoms with E-state index in [2.05, 4.69) is 68.4 Å². The Hall–Kier alpha value is -2.15. The second-order valence-electron chi connectivity index (χ2n) is 5.40. The molecule has 3 aromatic rings. The molecule has 0 unspecified atom stereocenters. The predicted octanol–water partition coefficient (Wildman–Crippen LogP) is 4.95. The molecule has 106 valence electrons. The lowest BCUT2D eigenvalue weighted by Gasteiger charge is -2.15. The maximum absolute atomic E-state index is 4.87. The van der Waals surface area contributed by atoms with Crippen molar-refractivity contribution in [3.63, 3.8) is 0 Å². The summed E-state index contributed by atoms with van der Waals surface area (Å²) >= 11 is 0. The number of rotatable bonds is 4. The van der Waals surface area contributed by atoms with Gasteiger partial charge < -0.3 is 0 Å². The standard InChI is InChI=1S/C20H21N/c1-3-16-18(14-15-10-6-5-7-11-15)17-12-8-9-13-20(17)21-19(16)4-2/h5-13H,3-4,14H2,1-2H3.